The van der Waals surface area contributed by atoms with Gasteiger partial charge in [0.1, 0.15) is 7.05 Å². The molecular weight excluding hydrogens is 320 g/mol. The van der Waals surface area contributed by atoms with E-state index in [0.29, 0.717) is 5.71 Å². The van der Waals surface area contributed by atoms with Crippen LogP contribution in [0.5, 0.6) is 0 Å². The molecule has 0 aliphatic rings. The fourth-order valence-electron chi connectivity index (χ4n) is 3.69. The first-order chi connectivity index (χ1) is 13.2. The first-order valence-electron chi connectivity index (χ1n) is 9.99. The van der Waals surface area contributed by atoms with E-state index in [4.69, 9.17) is 7.16 Å². The van der Waals surface area contributed by atoms with Gasteiger partial charge in [-0.05, 0) is 42.5 Å². The molecule has 0 unspecified atom stereocenters. The van der Waals surface area contributed by atoms with Gasteiger partial charge in [-0.3, -0.25) is 0 Å². The van der Waals surface area contributed by atoms with Crippen molar-refractivity contribution in [1.82, 2.24) is 4.98 Å². The molecule has 26 heavy (non-hydrogen) atoms. The van der Waals surface area contributed by atoms with Gasteiger partial charge in [-0.15, -0.1) is 0 Å². The Labute approximate surface area is 157 Å². The maximum atomic E-state index is 8.37. The van der Waals surface area contributed by atoms with Crippen molar-refractivity contribution in [2.75, 3.05) is 0 Å². The normalized spacial score (nSPS) is 13.5. The summed E-state index contributed by atoms with van der Waals surface area (Å²) in [7, 11) is 2.01. The van der Waals surface area contributed by atoms with Crippen LogP contribution in [-0.4, -0.2) is 4.98 Å². The molecule has 0 saturated heterocycles. The lowest BCUT2D eigenvalue weighted by Gasteiger charge is -2.13. The summed E-state index contributed by atoms with van der Waals surface area (Å²) in [6.07, 6.45) is 2.36. The number of benzene rings is 1. The molecule has 4 aromatic rings. The Hall–Kier alpha value is -2.68. The number of hydrogen-bond acceptors (Lipinski definition) is 2. The minimum atomic E-state index is -1.43. The molecular formula is C23H25N2O+. The van der Waals surface area contributed by atoms with Crippen LogP contribution in [0.3, 0.4) is 0 Å². The summed E-state index contributed by atoms with van der Waals surface area (Å²) in [6.45, 7) is 7.88. The second-order valence-corrected chi connectivity index (χ2v) is 7.14. The van der Waals surface area contributed by atoms with Crippen molar-refractivity contribution in [3.8, 4) is 11.3 Å². The Balaban J connectivity index is 2.09. The van der Waals surface area contributed by atoms with Gasteiger partial charge in [0.25, 0.3) is 0 Å². The van der Waals surface area contributed by atoms with Crippen LogP contribution >= 0.6 is 0 Å². The number of rotatable bonds is 3. The third-order valence-corrected chi connectivity index (χ3v) is 5.08. The number of hydrogen-bond donors (Lipinski definition) is 0. The van der Waals surface area contributed by atoms with Crippen molar-refractivity contribution in [2.45, 2.75) is 40.0 Å². The lowest BCUT2D eigenvalue weighted by atomic mass is 9.94. The molecule has 3 nitrogen and oxygen atoms in total. The molecule has 0 aliphatic carbocycles. The van der Waals surface area contributed by atoms with E-state index in [-0.39, 0.29) is 5.92 Å². The van der Waals surface area contributed by atoms with E-state index >= 15 is 0 Å². The predicted octanol–water partition coefficient (Wildman–Crippen LogP) is 5.47. The van der Waals surface area contributed by atoms with Gasteiger partial charge in [-0.1, -0.05) is 32.9 Å². The highest BCUT2D eigenvalue weighted by Crippen LogP contribution is 2.36. The molecule has 4 rings (SSSR count). The summed E-state index contributed by atoms with van der Waals surface area (Å²) in [5.74, 6) is 0.234. The van der Waals surface area contributed by atoms with Gasteiger partial charge < -0.3 is 4.42 Å². The monoisotopic (exact) mass is 347 g/mol. The van der Waals surface area contributed by atoms with Crippen LogP contribution in [0.25, 0.3) is 33.3 Å². The Morgan fingerprint density at radius 1 is 1.23 bits per heavy atom. The molecule has 0 bridgehead atoms. The van der Waals surface area contributed by atoms with Crippen LogP contribution in [0, 0.1) is 6.92 Å². The van der Waals surface area contributed by atoms with Crippen LogP contribution in [-0.2, 0) is 13.4 Å². The van der Waals surface area contributed by atoms with Gasteiger partial charge in [0.05, 0.1) is 5.56 Å². The van der Waals surface area contributed by atoms with Gasteiger partial charge >= 0.3 is 0 Å². The average molecular weight is 347 g/mol. The van der Waals surface area contributed by atoms with E-state index in [0.717, 1.165) is 44.3 Å². The molecule has 0 fully saturated rings. The van der Waals surface area contributed by atoms with Gasteiger partial charge in [0.15, 0.2) is 11.8 Å². The van der Waals surface area contributed by atoms with Gasteiger partial charge in [-0.2, -0.15) is 0 Å². The summed E-state index contributed by atoms with van der Waals surface area (Å²) >= 11 is 0. The quantitative estimate of drug-likeness (QED) is 0.460. The molecule has 3 heterocycles. The minimum Gasteiger partial charge on any atom is -0.437 e. The number of pyridine rings is 2. The molecule has 0 aliphatic heterocycles. The van der Waals surface area contributed by atoms with E-state index in [9.17, 15) is 0 Å². The standard InChI is InChI=1S/C23H25N2O/c1-6-16-12-20(25(5)13-19(16)14(2)3)21-15(4)9-10-17-18-8-7-11-24-23(18)26-22(17)21/h7-14H,6H2,1-5H3/q+1/i6D2. The Kier molecular flexibility index (Phi) is 3.48. The van der Waals surface area contributed by atoms with Gasteiger partial charge in [0.2, 0.25) is 11.4 Å². The van der Waals surface area contributed by atoms with E-state index in [1.165, 1.54) is 0 Å². The van der Waals surface area contributed by atoms with E-state index in [2.05, 4.69) is 48.7 Å². The molecule has 0 saturated carbocycles. The molecule has 0 amide bonds. The molecule has 132 valence electrons. The molecule has 0 spiro atoms. The summed E-state index contributed by atoms with van der Waals surface area (Å²) in [4.78, 5) is 4.37. The van der Waals surface area contributed by atoms with Crippen LogP contribution in [0.4, 0.5) is 0 Å². The largest absolute Gasteiger partial charge is 0.437 e. The van der Waals surface area contributed by atoms with Crippen molar-refractivity contribution >= 4 is 22.1 Å². The van der Waals surface area contributed by atoms with Crippen molar-refractivity contribution in [3.63, 3.8) is 0 Å². The lowest BCUT2D eigenvalue weighted by molar-refractivity contribution is -0.660. The number of furan rings is 1. The second kappa shape index (κ2) is 6.24. The maximum Gasteiger partial charge on any atom is 0.227 e. The molecule has 3 heteroatoms. The van der Waals surface area contributed by atoms with Crippen molar-refractivity contribution < 1.29 is 11.7 Å². The lowest BCUT2D eigenvalue weighted by Crippen LogP contribution is -2.32. The minimum absolute atomic E-state index is 0.234. The Morgan fingerprint density at radius 3 is 2.77 bits per heavy atom. The summed E-state index contributed by atoms with van der Waals surface area (Å²) < 4.78 is 25.0. The first kappa shape index (κ1) is 14.5. The first-order valence-corrected chi connectivity index (χ1v) is 8.99. The number of aromatic nitrogens is 2. The molecule has 0 atom stereocenters. The fourth-order valence-corrected chi connectivity index (χ4v) is 3.69. The second-order valence-electron chi connectivity index (χ2n) is 7.14. The van der Waals surface area contributed by atoms with Crippen LogP contribution in [0.2, 0.25) is 0 Å². The summed E-state index contributed by atoms with van der Waals surface area (Å²) in [6, 6.07) is 10.1. The predicted molar refractivity (Wildman–Crippen MR) is 106 cm³/mol. The Bertz CT molecular complexity index is 1200. The highest BCUT2D eigenvalue weighted by atomic mass is 16.3. The van der Waals surface area contributed by atoms with Crippen LogP contribution in [0.15, 0.2) is 47.1 Å². The number of fused-ring (bicyclic) bond motifs is 3. The zero-order chi connectivity index (χ0) is 20.2. The molecule has 1 aromatic carbocycles. The third-order valence-electron chi connectivity index (χ3n) is 5.08. The zero-order valence-electron chi connectivity index (χ0n) is 17.9. The fraction of sp³-hybridized carbons (Fsp3) is 0.304. The highest BCUT2D eigenvalue weighted by Gasteiger charge is 2.23. The maximum absolute atomic E-state index is 8.37. The SMILES string of the molecule is [2H]C([2H])(C)c1cc(-c2c(C)ccc3c2oc2ncccc23)[n+](C)cc1C(C)C. The van der Waals surface area contributed by atoms with Crippen LogP contribution in [0.1, 0.15) is 46.1 Å². The third kappa shape index (κ3) is 2.50. The van der Waals surface area contributed by atoms with Crippen molar-refractivity contribution in [2.24, 2.45) is 7.05 Å². The molecule has 3 aromatic heterocycles. The molecule has 0 radical (unpaired) electrons. The molecule has 0 N–H and O–H groups in total. The van der Waals surface area contributed by atoms with Gasteiger partial charge in [0, 0.05) is 31.3 Å². The van der Waals surface area contributed by atoms with E-state index in [1.807, 2.05) is 25.2 Å². The number of nitrogens with zero attached hydrogens (tertiary/aromatic N) is 2. The zero-order valence-corrected chi connectivity index (χ0v) is 15.9. The van der Waals surface area contributed by atoms with Crippen LogP contribution < -0.4 is 4.57 Å². The van der Waals surface area contributed by atoms with Crippen molar-refractivity contribution in [1.29, 1.82) is 0 Å². The average Bonchev–Trinajstić information content (AvgIpc) is 2.99. The van der Waals surface area contributed by atoms with Crippen molar-refractivity contribution in [3.05, 3.63) is 59.4 Å². The van der Waals surface area contributed by atoms with E-state index in [1.54, 1.807) is 13.1 Å². The smallest absolute Gasteiger partial charge is 0.227 e. The highest BCUT2D eigenvalue weighted by molar-refractivity contribution is 6.08. The summed E-state index contributed by atoms with van der Waals surface area (Å²) in [5, 5.41) is 2.02. The van der Waals surface area contributed by atoms with Gasteiger partial charge in [-0.25, -0.2) is 9.55 Å². The van der Waals surface area contributed by atoms with E-state index < -0.39 is 6.37 Å². The topological polar surface area (TPSA) is 29.9 Å². The summed E-state index contributed by atoms with van der Waals surface area (Å²) in [5.41, 5.74) is 6.17. The Morgan fingerprint density at radius 2 is 2.04 bits per heavy atom. The number of aryl methyl sites for hydroxylation is 3.